The van der Waals surface area contributed by atoms with E-state index >= 15 is 0 Å². The topological polar surface area (TPSA) is 64.6 Å². The van der Waals surface area contributed by atoms with Crippen LogP contribution in [0.15, 0.2) is 24.3 Å². The highest BCUT2D eigenvalue weighted by molar-refractivity contribution is 5.90. The summed E-state index contributed by atoms with van der Waals surface area (Å²) in [6.07, 6.45) is 1.14. The van der Waals surface area contributed by atoms with Gasteiger partial charge in [0.15, 0.2) is 6.23 Å². The van der Waals surface area contributed by atoms with Crippen molar-refractivity contribution >= 4 is 11.9 Å². The summed E-state index contributed by atoms with van der Waals surface area (Å²) in [5.74, 6) is 0.295. The van der Waals surface area contributed by atoms with Crippen molar-refractivity contribution in [1.82, 2.24) is 5.32 Å². The van der Waals surface area contributed by atoms with Gasteiger partial charge in [-0.25, -0.2) is 4.79 Å². The fraction of sp³-hybridized carbons (Fsp3) is 0.556. The zero-order valence-electron chi connectivity index (χ0n) is 14.4. The highest BCUT2D eigenvalue weighted by Crippen LogP contribution is 2.39. The lowest BCUT2D eigenvalue weighted by atomic mass is 9.73. The van der Waals surface area contributed by atoms with Gasteiger partial charge in [-0.05, 0) is 57.9 Å². The first kappa shape index (κ1) is 17.3. The molecule has 1 saturated heterocycles. The van der Waals surface area contributed by atoms with Crippen molar-refractivity contribution in [3.05, 3.63) is 29.8 Å². The third-order valence-electron chi connectivity index (χ3n) is 4.22. The lowest BCUT2D eigenvalue weighted by Crippen LogP contribution is -2.69. The van der Waals surface area contributed by atoms with Crippen LogP contribution in [0.2, 0.25) is 0 Å². The Bertz CT molecular complexity index is 582. The van der Waals surface area contributed by atoms with Crippen molar-refractivity contribution < 1.29 is 19.1 Å². The van der Waals surface area contributed by atoms with Crippen LogP contribution in [0, 0.1) is 5.41 Å². The maximum absolute atomic E-state index is 12.0. The smallest absolute Gasteiger partial charge is 0.338 e. The monoisotopic (exact) mass is 319 g/mol. The van der Waals surface area contributed by atoms with Gasteiger partial charge in [0.2, 0.25) is 5.91 Å². The number of benzene rings is 1. The van der Waals surface area contributed by atoms with Crippen LogP contribution in [0.1, 0.15) is 57.8 Å². The molecular formula is C18H25NO4. The average Bonchev–Trinajstić information content (AvgIpc) is 2.47. The highest BCUT2D eigenvalue weighted by Gasteiger charge is 2.54. The molecular weight excluding hydrogens is 294 g/mol. The number of hydrogen-bond donors (Lipinski definition) is 1. The number of amides is 1. The SMILES string of the molecule is CCC1(CC)C(=O)NC1Oc1ccc(C(=O)OC(C)(C)C)cc1. The summed E-state index contributed by atoms with van der Waals surface area (Å²) >= 11 is 0. The molecule has 1 aliphatic rings. The lowest BCUT2D eigenvalue weighted by Gasteiger charge is -2.47. The van der Waals surface area contributed by atoms with E-state index in [4.69, 9.17) is 9.47 Å². The second kappa shape index (κ2) is 6.22. The van der Waals surface area contributed by atoms with Crippen LogP contribution >= 0.6 is 0 Å². The molecule has 1 aromatic carbocycles. The number of carbonyl (C=O) groups excluding carboxylic acids is 2. The van der Waals surface area contributed by atoms with Crippen molar-refractivity contribution in [3.8, 4) is 5.75 Å². The molecule has 1 fully saturated rings. The molecule has 0 aliphatic carbocycles. The molecule has 1 N–H and O–H groups in total. The van der Waals surface area contributed by atoms with Crippen LogP contribution in [0.4, 0.5) is 0 Å². The minimum atomic E-state index is -0.523. The molecule has 0 radical (unpaired) electrons. The Labute approximate surface area is 137 Å². The Morgan fingerprint density at radius 2 is 1.74 bits per heavy atom. The Kier molecular flexibility index (Phi) is 4.68. The zero-order valence-corrected chi connectivity index (χ0v) is 14.4. The first-order valence-electron chi connectivity index (χ1n) is 8.03. The highest BCUT2D eigenvalue weighted by atomic mass is 16.6. The molecule has 0 saturated carbocycles. The second-order valence-electron chi connectivity index (χ2n) is 6.86. The Morgan fingerprint density at radius 3 is 2.17 bits per heavy atom. The third kappa shape index (κ3) is 3.49. The number of hydrogen-bond acceptors (Lipinski definition) is 4. The fourth-order valence-electron chi connectivity index (χ4n) is 2.67. The normalized spacial score (nSPS) is 19.5. The molecule has 0 aromatic heterocycles. The Morgan fingerprint density at radius 1 is 1.17 bits per heavy atom. The molecule has 1 atom stereocenters. The van der Waals surface area contributed by atoms with Crippen LogP contribution in [0.3, 0.4) is 0 Å². The average molecular weight is 319 g/mol. The summed E-state index contributed by atoms with van der Waals surface area (Å²) in [7, 11) is 0. The fourth-order valence-corrected chi connectivity index (χ4v) is 2.67. The van der Waals surface area contributed by atoms with Crippen molar-refractivity contribution in [2.24, 2.45) is 5.41 Å². The largest absolute Gasteiger partial charge is 0.470 e. The van der Waals surface area contributed by atoms with Crippen LogP contribution < -0.4 is 10.1 Å². The van der Waals surface area contributed by atoms with Crippen LogP contribution in [-0.2, 0) is 9.53 Å². The van der Waals surface area contributed by atoms with E-state index < -0.39 is 11.0 Å². The van der Waals surface area contributed by atoms with Gasteiger partial charge in [0, 0.05) is 0 Å². The van der Waals surface area contributed by atoms with Gasteiger partial charge in [0.25, 0.3) is 0 Å². The van der Waals surface area contributed by atoms with E-state index in [0.29, 0.717) is 11.3 Å². The molecule has 1 aromatic rings. The maximum atomic E-state index is 12.0. The third-order valence-corrected chi connectivity index (χ3v) is 4.22. The number of rotatable bonds is 5. The van der Waals surface area contributed by atoms with Gasteiger partial charge in [-0.15, -0.1) is 0 Å². The number of ether oxygens (including phenoxy) is 2. The Balaban J connectivity index is 2.04. The first-order valence-corrected chi connectivity index (χ1v) is 8.03. The second-order valence-corrected chi connectivity index (χ2v) is 6.86. The van der Waals surface area contributed by atoms with Crippen LogP contribution in [-0.4, -0.2) is 23.7 Å². The van der Waals surface area contributed by atoms with Crippen LogP contribution in [0.5, 0.6) is 5.75 Å². The lowest BCUT2D eigenvalue weighted by molar-refractivity contribution is -0.161. The van der Waals surface area contributed by atoms with Crippen molar-refractivity contribution in [2.75, 3.05) is 0 Å². The van der Waals surface area contributed by atoms with Gasteiger partial charge in [-0.1, -0.05) is 13.8 Å². The summed E-state index contributed by atoms with van der Waals surface area (Å²) < 4.78 is 11.2. The first-order chi connectivity index (χ1) is 10.7. The van der Waals surface area contributed by atoms with Gasteiger partial charge < -0.3 is 14.8 Å². The summed E-state index contributed by atoms with van der Waals surface area (Å²) in [6, 6.07) is 6.78. The van der Waals surface area contributed by atoms with E-state index in [1.54, 1.807) is 24.3 Å². The molecule has 126 valence electrons. The summed E-state index contributed by atoms with van der Waals surface area (Å²) in [5, 5.41) is 2.80. The predicted molar refractivity (Wildman–Crippen MR) is 87.2 cm³/mol. The van der Waals surface area contributed by atoms with Crippen molar-refractivity contribution in [3.63, 3.8) is 0 Å². The minimum absolute atomic E-state index is 0.0397. The van der Waals surface area contributed by atoms with Gasteiger partial charge in [0.05, 0.1) is 5.56 Å². The molecule has 23 heavy (non-hydrogen) atoms. The quantitative estimate of drug-likeness (QED) is 0.668. The van der Waals surface area contributed by atoms with Crippen molar-refractivity contribution in [2.45, 2.75) is 59.3 Å². The van der Waals surface area contributed by atoms with Gasteiger partial charge in [-0.3, -0.25) is 4.79 Å². The standard InChI is InChI=1S/C18H25NO4/c1-6-18(7-2)15(21)19-16(18)22-13-10-8-12(9-11-13)14(20)23-17(3,4)5/h8-11,16H,6-7H2,1-5H3,(H,19,21). The minimum Gasteiger partial charge on any atom is -0.470 e. The summed E-state index contributed by atoms with van der Waals surface area (Å²) in [6.45, 7) is 9.47. The number of nitrogens with one attached hydrogen (secondary N) is 1. The Hall–Kier alpha value is -2.04. The molecule has 1 aliphatic heterocycles. The molecule has 2 rings (SSSR count). The van der Waals surface area contributed by atoms with E-state index in [2.05, 4.69) is 5.32 Å². The van der Waals surface area contributed by atoms with E-state index in [9.17, 15) is 9.59 Å². The van der Waals surface area contributed by atoms with Gasteiger partial charge >= 0.3 is 5.97 Å². The number of esters is 1. The maximum Gasteiger partial charge on any atom is 0.338 e. The number of carbonyl (C=O) groups is 2. The van der Waals surface area contributed by atoms with Crippen molar-refractivity contribution in [1.29, 1.82) is 0 Å². The predicted octanol–water partition coefficient (Wildman–Crippen LogP) is 3.28. The molecule has 1 unspecified atom stereocenters. The summed E-state index contributed by atoms with van der Waals surface area (Å²) in [4.78, 5) is 23.8. The molecule has 1 amide bonds. The number of β-lactam (4-membered cyclic amide) rings is 1. The molecule has 5 heteroatoms. The summed E-state index contributed by atoms with van der Waals surface area (Å²) in [5.41, 5.74) is -0.504. The van der Waals surface area contributed by atoms with Gasteiger partial charge in [0.1, 0.15) is 16.8 Å². The molecule has 0 spiro atoms. The van der Waals surface area contributed by atoms with E-state index in [1.165, 1.54) is 0 Å². The zero-order chi connectivity index (χ0) is 17.3. The van der Waals surface area contributed by atoms with Crippen LogP contribution in [0.25, 0.3) is 0 Å². The van der Waals surface area contributed by atoms with E-state index in [-0.39, 0.29) is 18.1 Å². The molecule has 5 nitrogen and oxygen atoms in total. The van der Waals surface area contributed by atoms with E-state index in [0.717, 1.165) is 12.8 Å². The van der Waals surface area contributed by atoms with Gasteiger partial charge in [-0.2, -0.15) is 0 Å². The molecule has 1 heterocycles. The molecule has 0 bridgehead atoms. The van der Waals surface area contributed by atoms with E-state index in [1.807, 2.05) is 34.6 Å².